The van der Waals surface area contributed by atoms with Gasteiger partial charge in [-0.2, -0.15) is 0 Å². The van der Waals surface area contributed by atoms with Gasteiger partial charge in [-0.05, 0) is 45.2 Å². The van der Waals surface area contributed by atoms with E-state index < -0.39 is 24.9 Å². The first-order valence-corrected chi connectivity index (χ1v) is 8.75. The molecule has 0 saturated carbocycles. The molecular weight excluding hydrogens is 284 g/mol. The van der Waals surface area contributed by atoms with E-state index >= 15 is 0 Å². The van der Waals surface area contributed by atoms with Crippen LogP contribution in [0.4, 0.5) is 0 Å². The van der Waals surface area contributed by atoms with Crippen LogP contribution in [0.5, 0.6) is 0 Å². The molecule has 0 spiro atoms. The standard InChI is InChI=1S/C16H32N2O4/c1-2-6-14(17-8-3-4-9-17)18-10-5-7-12(18)15(21)16(22)13(20)11-19/h12-16,19-22H,2-11H2,1H3/t12?,13-,14+,15+,16+/m0/s1. The quantitative estimate of drug-likeness (QED) is 0.494. The van der Waals surface area contributed by atoms with Gasteiger partial charge in [0.1, 0.15) is 12.2 Å². The van der Waals surface area contributed by atoms with E-state index in [0.29, 0.717) is 6.17 Å². The molecule has 0 aliphatic carbocycles. The lowest BCUT2D eigenvalue weighted by atomic mass is 9.98. The zero-order chi connectivity index (χ0) is 16.1. The molecule has 0 bridgehead atoms. The molecule has 2 rings (SSSR count). The summed E-state index contributed by atoms with van der Waals surface area (Å²) in [6.45, 7) is 4.77. The summed E-state index contributed by atoms with van der Waals surface area (Å²) in [7, 11) is 0. The molecule has 22 heavy (non-hydrogen) atoms. The molecule has 0 aromatic carbocycles. The summed E-state index contributed by atoms with van der Waals surface area (Å²) in [5.74, 6) is 0. The molecule has 0 amide bonds. The van der Waals surface area contributed by atoms with E-state index in [9.17, 15) is 15.3 Å². The smallest absolute Gasteiger partial charge is 0.109 e. The van der Waals surface area contributed by atoms with E-state index in [1.807, 2.05) is 0 Å². The molecule has 2 fully saturated rings. The Morgan fingerprint density at radius 1 is 1.05 bits per heavy atom. The van der Waals surface area contributed by atoms with Gasteiger partial charge in [0.25, 0.3) is 0 Å². The minimum atomic E-state index is -1.29. The largest absolute Gasteiger partial charge is 0.394 e. The average Bonchev–Trinajstić information content (AvgIpc) is 3.21. The van der Waals surface area contributed by atoms with Gasteiger partial charge in [0.05, 0.1) is 18.9 Å². The second-order valence-electron chi connectivity index (χ2n) is 6.69. The highest BCUT2D eigenvalue weighted by atomic mass is 16.4. The van der Waals surface area contributed by atoms with Crippen molar-refractivity contribution in [1.82, 2.24) is 9.80 Å². The van der Waals surface area contributed by atoms with Gasteiger partial charge < -0.3 is 20.4 Å². The Kier molecular flexibility index (Phi) is 7.05. The van der Waals surface area contributed by atoms with E-state index in [2.05, 4.69) is 16.7 Å². The second-order valence-corrected chi connectivity index (χ2v) is 6.69. The molecule has 6 nitrogen and oxygen atoms in total. The molecule has 0 aromatic rings. The van der Waals surface area contributed by atoms with E-state index in [1.54, 1.807) is 0 Å². The van der Waals surface area contributed by atoms with Gasteiger partial charge in [0, 0.05) is 12.6 Å². The predicted octanol–water partition coefficient (Wildman–Crippen LogP) is -0.252. The first kappa shape index (κ1) is 18.1. The van der Waals surface area contributed by atoms with Crippen molar-refractivity contribution in [3.05, 3.63) is 0 Å². The van der Waals surface area contributed by atoms with E-state index in [-0.39, 0.29) is 6.04 Å². The van der Waals surface area contributed by atoms with Gasteiger partial charge in [-0.25, -0.2) is 0 Å². The van der Waals surface area contributed by atoms with Crippen molar-refractivity contribution < 1.29 is 20.4 Å². The molecule has 6 heteroatoms. The molecule has 2 heterocycles. The van der Waals surface area contributed by atoms with Crippen molar-refractivity contribution in [3.8, 4) is 0 Å². The van der Waals surface area contributed by atoms with Gasteiger partial charge in [0.15, 0.2) is 0 Å². The number of likely N-dealkylation sites (tertiary alicyclic amines) is 2. The summed E-state index contributed by atoms with van der Waals surface area (Å²) in [5.41, 5.74) is 0. The van der Waals surface area contributed by atoms with Crippen molar-refractivity contribution in [2.75, 3.05) is 26.2 Å². The Morgan fingerprint density at radius 3 is 2.32 bits per heavy atom. The first-order valence-electron chi connectivity index (χ1n) is 8.75. The highest BCUT2D eigenvalue weighted by Gasteiger charge is 2.41. The maximum atomic E-state index is 10.5. The fourth-order valence-electron chi connectivity index (χ4n) is 3.97. The van der Waals surface area contributed by atoms with Crippen molar-refractivity contribution in [3.63, 3.8) is 0 Å². The Balaban J connectivity index is 2.06. The summed E-state index contributed by atoms with van der Waals surface area (Å²) in [4.78, 5) is 4.80. The SMILES string of the molecule is CCC[C@H](N1CCCC1)N1CCCC1[C@@H](O)[C@H](O)[C@@H](O)CO. The van der Waals surface area contributed by atoms with Crippen LogP contribution in [0, 0.1) is 0 Å². The topological polar surface area (TPSA) is 87.4 Å². The predicted molar refractivity (Wildman–Crippen MR) is 84.3 cm³/mol. The van der Waals surface area contributed by atoms with Gasteiger partial charge in [-0.3, -0.25) is 9.80 Å². The zero-order valence-corrected chi connectivity index (χ0v) is 13.6. The molecule has 0 aromatic heterocycles. The van der Waals surface area contributed by atoms with Crippen LogP contribution in [0.15, 0.2) is 0 Å². The average molecular weight is 316 g/mol. The summed E-state index contributed by atoms with van der Waals surface area (Å²) >= 11 is 0. The first-order chi connectivity index (χ1) is 10.6. The normalized spacial score (nSPS) is 29.6. The molecule has 2 aliphatic rings. The maximum Gasteiger partial charge on any atom is 0.109 e. The van der Waals surface area contributed by atoms with Crippen LogP contribution in [-0.4, -0.2) is 87.0 Å². The molecule has 1 unspecified atom stereocenters. The molecule has 2 aliphatic heterocycles. The van der Waals surface area contributed by atoms with Crippen LogP contribution in [0.25, 0.3) is 0 Å². The van der Waals surface area contributed by atoms with Crippen LogP contribution in [0.2, 0.25) is 0 Å². The number of aliphatic hydroxyl groups excluding tert-OH is 4. The van der Waals surface area contributed by atoms with Gasteiger partial charge in [-0.15, -0.1) is 0 Å². The number of hydrogen-bond acceptors (Lipinski definition) is 6. The Hall–Kier alpha value is -0.240. The molecule has 4 N–H and O–H groups in total. The number of hydrogen-bond donors (Lipinski definition) is 4. The van der Waals surface area contributed by atoms with Crippen LogP contribution >= 0.6 is 0 Å². The zero-order valence-electron chi connectivity index (χ0n) is 13.6. The summed E-state index contributed by atoms with van der Waals surface area (Å²) in [6, 6.07) is -0.145. The summed E-state index contributed by atoms with van der Waals surface area (Å²) in [5, 5.41) is 39.1. The van der Waals surface area contributed by atoms with Crippen molar-refractivity contribution in [2.24, 2.45) is 0 Å². The van der Waals surface area contributed by atoms with Gasteiger partial charge in [-0.1, -0.05) is 13.3 Å². The number of rotatable bonds is 8. The Bertz CT molecular complexity index is 325. The van der Waals surface area contributed by atoms with Crippen LogP contribution < -0.4 is 0 Å². The monoisotopic (exact) mass is 316 g/mol. The third kappa shape index (κ3) is 3.99. The van der Waals surface area contributed by atoms with Crippen molar-refractivity contribution in [1.29, 1.82) is 0 Å². The van der Waals surface area contributed by atoms with Gasteiger partial charge >= 0.3 is 0 Å². The minimum absolute atomic E-state index is 0.145. The van der Waals surface area contributed by atoms with Crippen molar-refractivity contribution in [2.45, 2.75) is 76.0 Å². The van der Waals surface area contributed by atoms with Crippen LogP contribution in [0.3, 0.4) is 0 Å². The number of nitrogens with zero attached hydrogens (tertiary/aromatic N) is 2. The summed E-state index contributed by atoms with van der Waals surface area (Å²) in [6.07, 6.45) is 3.14. The lowest BCUT2D eigenvalue weighted by Gasteiger charge is -2.41. The molecule has 2 saturated heterocycles. The Morgan fingerprint density at radius 2 is 1.73 bits per heavy atom. The highest BCUT2D eigenvalue weighted by Crippen LogP contribution is 2.29. The lowest BCUT2D eigenvalue weighted by Crippen LogP contribution is -2.56. The van der Waals surface area contributed by atoms with E-state index in [0.717, 1.165) is 45.3 Å². The molecular formula is C16H32N2O4. The molecule has 0 radical (unpaired) electrons. The Labute approximate surface area is 133 Å². The lowest BCUT2D eigenvalue weighted by molar-refractivity contribution is -0.109. The molecule has 130 valence electrons. The van der Waals surface area contributed by atoms with E-state index in [4.69, 9.17) is 5.11 Å². The van der Waals surface area contributed by atoms with Crippen LogP contribution in [-0.2, 0) is 0 Å². The second kappa shape index (κ2) is 8.57. The molecule has 5 atom stereocenters. The minimum Gasteiger partial charge on any atom is -0.394 e. The highest BCUT2D eigenvalue weighted by molar-refractivity contribution is 4.94. The van der Waals surface area contributed by atoms with Gasteiger partial charge in [0.2, 0.25) is 0 Å². The summed E-state index contributed by atoms with van der Waals surface area (Å²) < 4.78 is 0. The maximum absolute atomic E-state index is 10.5. The van der Waals surface area contributed by atoms with Crippen LogP contribution in [0.1, 0.15) is 45.4 Å². The van der Waals surface area contributed by atoms with E-state index in [1.165, 1.54) is 12.8 Å². The fraction of sp³-hybridized carbons (Fsp3) is 1.00. The third-order valence-corrected chi connectivity index (χ3v) is 5.16. The number of aliphatic hydroxyl groups is 4. The fourth-order valence-corrected chi connectivity index (χ4v) is 3.97. The third-order valence-electron chi connectivity index (χ3n) is 5.16. The van der Waals surface area contributed by atoms with Crippen molar-refractivity contribution >= 4 is 0 Å².